The van der Waals surface area contributed by atoms with Crippen LogP contribution < -0.4 is 4.90 Å². The third-order valence-corrected chi connectivity index (χ3v) is 4.95. The molecule has 0 spiro atoms. The highest BCUT2D eigenvalue weighted by Crippen LogP contribution is 2.34. The summed E-state index contributed by atoms with van der Waals surface area (Å²) >= 11 is 6.30. The van der Waals surface area contributed by atoms with Crippen LogP contribution in [0.5, 0.6) is 0 Å². The number of benzene rings is 1. The number of aryl methyl sites for hydroxylation is 1. The van der Waals surface area contributed by atoms with E-state index in [2.05, 4.69) is 21.7 Å². The minimum atomic E-state index is -0.331. The van der Waals surface area contributed by atoms with Crippen molar-refractivity contribution in [2.75, 3.05) is 44.2 Å². The van der Waals surface area contributed by atoms with Crippen molar-refractivity contribution in [2.45, 2.75) is 20.8 Å². The number of ether oxygens (including phenoxy) is 1. The number of hydrogen-bond acceptors (Lipinski definition) is 5. The number of pyridine rings is 1. The minimum Gasteiger partial charge on any atom is -0.462 e. The summed E-state index contributed by atoms with van der Waals surface area (Å²) < 4.78 is 5.26. The normalized spacial score (nSPS) is 15.6. The van der Waals surface area contributed by atoms with Crippen molar-refractivity contribution < 1.29 is 9.53 Å². The summed E-state index contributed by atoms with van der Waals surface area (Å²) in [5, 5.41) is 1.57. The van der Waals surface area contributed by atoms with Gasteiger partial charge >= 0.3 is 5.97 Å². The molecule has 0 bridgehead atoms. The van der Waals surface area contributed by atoms with E-state index in [1.165, 1.54) is 0 Å². The van der Waals surface area contributed by atoms with Crippen molar-refractivity contribution >= 4 is 34.2 Å². The largest absolute Gasteiger partial charge is 0.462 e. The van der Waals surface area contributed by atoms with Crippen LogP contribution in [0.4, 0.5) is 5.69 Å². The predicted octanol–water partition coefficient (Wildman–Crippen LogP) is 3.52. The molecule has 0 amide bonds. The van der Waals surface area contributed by atoms with E-state index >= 15 is 0 Å². The summed E-state index contributed by atoms with van der Waals surface area (Å²) in [5.74, 6) is -0.331. The van der Waals surface area contributed by atoms with Crippen molar-refractivity contribution in [2.24, 2.45) is 0 Å². The van der Waals surface area contributed by atoms with Crippen LogP contribution in [0.2, 0.25) is 5.02 Å². The molecule has 0 radical (unpaired) electrons. The highest BCUT2D eigenvalue weighted by Gasteiger charge is 2.25. The second kappa shape index (κ2) is 7.58. The van der Waals surface area contributed by atoms with Gasteiger partial charge in [0.25, 0.3) is 0 Å². The van der Waals surface area contributed by atoms with Crippen LogP contribution in [-0.2, 0) is 4.74 Å². The van der Waals surface area contributed by atoms with Gasteiger partial charge in [-0.15, -0.1) is 0 Å². The highest BCUT2D eigenvalue weighted by atomic mass is 35.5. The molecule has 0 N–H and O–H groups in total. The number of halogens is 1. The Morgan fingerprint density at radius 3 is 2.60 bits per heavy atom. The number of anilines is 1. The van der Waals surface area contributed by atoms with E-state index in [0.29, 0.717) is 17.2 Å². The molecule has 0 saturated carbocycles. The van der Waals surface area contributed by atoms with Crippen LogP contribution in [0.25, 0.3) is 10.9 Å². The monoisotopic (exact) mass is 361 g/mol. The highest BCUT2D eigenvalue weighted by molar-refractivity contribution is 6.31. The molecule has 2 heterocycles. The molecule has 25 heavy (non-hydrogen) atoms. The van der Waals surface area contributed by atoms with Gasteiger partial charge in [0, 0.05) is 42.8 Å². The lowest BCUT2D eigenvalue weighted by atomic mass is 10.0. The predicted molar refractivity (Wildman–Crippen MR) is 102 cm³/mol. The zero-order chi connectivity index (χ0) is 18.0. The number of carbonyl (C=O) groups is 1. The Morgan fingerprint density at radius 1 is 1.24 bits per heavy atom. The first kappa shape index (κ1) is 18.0. The maximum Gasteiger partial charge on any atom is 0.341 e. The number of hydrogen-bond donors (Lipinski definition) is 0. The van der Waals surface area contributed by atoms with E-state index in [0.717, 1.165) is 54.9 Å². The fourth-order valence-electron chi connectivity index (χ4n) is 3.41. The van der Waals surface area contributed by atoms with Crippen molar-refractivity contribution in [3.05, 3.63) is 34.5 Å². The molecule has 3 rings (SSSR count). The summed E-state index contributed by atoms with van der Waals surface area (Å²) in [6, 6.07) is 3.81. The SMILES string of the molecule is CCOC(=O)c1cnc2c(C)cc(Cl)cc2c1N1CCN(CC)CC1. The van der Waals surface area contributed by atoms with Crippen LogP contribution in [0.15, 0.2) is 18.3 Å². The van der Waals surface area contributed by atoms with E-state index in [9.17, 15) is 4.79 Å². The van der Waals surface area contributed by atoms with Gasteiger partial charge in [0.2, 0.25) is 0 Å². The van der Waals surface area contributed by atoms with E-state index in [4.69, 9.17) is 16.3 Å². The summed E-state index contributed by atoms with van der Waals surface area (Å²) in [7, 11) is 0. The maximum absolute atomic E-state index is 12.5. The fourth-order valence-corrected chi connectivity index (χ4v) is 3.68. The molecule has 0 aliphatic carbocycles. The summed E-state index contributed by atoms with van der Waals surface area (Å²) in [5.41, 5.74) is 3.29. The zero-order valence-electron chi connectivity index (χ0n) is 15.0. The van der Waals surface area contributed by atoms with Crippen molar-refractivity contribution in [1.29, 1.82) is 0 Å². The van der Waals surface area contributed by atoms with Gasteiger partial charge in [-0.3, -0.25) is 4.98 Å². The van der Waals surface area contributed by atoms with Gasteiger partial charge in [0.15, 0.2) is 0 Å². The van der Waals surface area contributed by atoms with Gasteiger partial charge in [-0.2, -0.15) is 0 Å². The van der Waals surface area contributed by atoms with Gasteiger partial charge in [0.1, 0.15) is 5.56 Å². The number of fused-ring (bicyclic) bond motifs is 1. The number of carbonyl (C=O) groups excluding carboxylic acids is 1. The molecule has 1 saturated heterocycles. The Kier molecular flexibility index (Phi) is 5.45. The molecule has 5 nitrogen and oxygen atoms in total. The third-order valence-electron chi connectivity index (χ3n) is 4.73. The van der Waals surface area contributed by atoms with Gasteiger partial charge in [0.05, 0.1) is 17.8 Å². The molecular weight excluding hydrogens is 338 g/mol. The van der Waals surface area contributed by atoms with E-state index in [1.807, 2.05) is 26.0 Å². The number of rotatable bonds is 4. The maximum atomic E-state index is 12.5. The van der Waals surface area contributed by atoms with Crippen LogP contribution >= 0.6 is 11.6 Å². The van der Waals surface area contributed by atoms with E-state index in [1.54, 1.807) is 6.20 Å². The fraction of sp³-hybridized carbons (Fsp3) is 0.474. The number of nitrogens with zero attached hydrogens (tertiary/aromatic N) is 3. The van der Waals surface area contributed by atoms with Crippen molar-refractivity contribution in [3.8, 4) is 0 Å². The molecular formula is C19H24ClN3O2. The Labute approximate surface area is 153 Å². The van der Waals surface area contributed by atoms with Crippen molar-refractivity contribution in [1.82, 2.24) is 9.88 Å². The first-order valence-electron chi connectivity index (χ1n) is 8.78. The Bertz CT molecular complexity index is 786. The number of esters is 1. The number of likely N-dealkylation sites (N-methyl/N-ethyl adjacent to an activating group) is 1. The molecule has 134 valence electrons. The second-order valence-corrected chi connectivity index (χ2v) is 6.72. The van der Waals surface area contributed by atoms with Crippen molar-refractivity contribution in [3.63, 3.8) is 0 Å². The molecule has 2 aromatic rings. The molecule has 6 heteroatoms. The summed E-state index contributed by atoms with van der Waals surface area (Å²) in [6.07, 6.45) is 1.64. The number of aromatic nitrogens is 1. The molecule has 0 unspecified atom stereocenters. The average Bonchev–Trinajstić information content (AvgIpc) is 2.61. The number of piperazine rings is 1. The van der Waals surface area contributed by atoms with Gasteiger partial charge in [-0.25, -0.2) is 4.79 Å². The standard InChI is InChI=1S/C19H24ClN3O2/c1-4-22-6-8-23(9-7-22)18-15-11-14(20)10-13(3)17(15)21-12-16(18)19(24)25-5-2/h10-12H,4-9H2,1-3H3. The first-order chi connectivity index (χ1) is 12.0. The first-order valence-corrected chi connectivity index (χ1v) is 9.16. The topological polar surface area (TPSA) is 45.7 Å². The van der Waals surface area contributed by atoms with Gasteiger partial charge in [-0.1, -0.05) is 18.5 Å². The van der Waals surface area contributed by atoms with E-state index in [-0.39, 0.29) is 5.97 Å². The quantitative estimate of drug-likeness (QED) is 0.780. The molecule has 1 aromatic carbocycles. The molecule has 0 atom stereocenters. The third kappa shape index (κ3) is 3.58. The molecule has 1 fully saturated rings. The second-order valence-electron chi connectivity index (χ2n) is 6.28. The molecule has 1 aromatic heterocycles. The molecule has 1 aliphatic rings. The molecule has 1 aliphatic heterocycles. The van der Waals surface area contributed by atoms with Gasteiger partial charge < -0.3 is 14.5 Å². The smallest absolute Gasteiger partial charge is 0.341 e. The lowest BCUT2D eigenvalue weighted by Gasteiger charge is -2.36. The van der Waals surface area contributed by atoms with Crippen LogP contribution in [0.3, 0.4) is 0 Å². The lowest BCUT2D eigenvalue weighted by Crippen LogP contribution is -2.46. The average molecular weight is 362 g/mol. The Hall–Kier alpha value is -1.85. The Balaban J connectivity index is 2.14. The zero-order valence-corrected chi connectivity index (χ0v) is 15.8. The van der Waals surface area contributed by atoms with Crippen LogP contribution in [0.1, 0.15) is 29.8 Å². The summed E-state index contributed by atoms with van der Waals surface area (Å²) in [4.78, 5) is 21.7. The minimum absolute atomic E-state index is 0.331. The van der Waals surface area contributed by atoms with Crippen LogP contribution in [-0.4, -0.2) is 55.2 Å². The Morgan fingerprint density at radius 2 is 1.96 bits per heavy atom. The lowest BCUT2D eigenvalue weighted by molar-refractivity contribution is 0.0526. The summed E-state index contributed by atoms with van der Waals surface area (Å²) in [6.45, 7) is 11.0. The van der Waals surface area contributed by atoms with Crippen LogP contribution in [0, 0.1) is 6.92 Å². The van der Waals surface area contributed by atoms with E-state index < -0.39 is 0 Å². The van der Waals surface area contributed by atoms with Gasteiger partial charge in [-0.05, 0) is 38.1 Å².